The van der Waals surface area contributed by atoms with Crippen molar-refractivity contribution in [2.24, 2.45) is 5.92 Å². The molecular weight excluding hydrogens is 260 g/mol. The number of carbonyl (C=O) groups excluding carboxylic acids is 1. The minimum absolute atomic E-state index is 0.0737. The van der Waals surface area contributed by atoms with Crippen LogP contribution in [0.25, 0.3) is 0 Å². The molecule has 5 heteroatoms. The summed E-state index contributed by atoms with van der Waals surface area (Å²) < 4.78 is 26.7. The highest BCUT2D eigenvalue weighted by atomic mass is 35.5. The molecule has 0 saturated heterocycles. The van der Waals surface area contributed by atoms with Crippen molar-refractivity contribution < 1.29 is 13.6 Å². The molecule has 2 nitrogen and oxygen atoms in total. The molecule has 18 heavy (non-hydrogen) atoms. The van der Waals surface area contributed by atoms with Gasteiger partial charge in [-0.2, -0.15) is 0 Å². The summed E-state index contributed by atoms with van der Waals surface area (Å²) in [7, 11) is 0. The first-order valence-electron chi connectivity index (χ1n) is 6.78. The molecule has 1 unspecified atom stereocenters. The van der Waals surface area contributed by atoms with E-state index in [-0.39, 0.29) is 24.8 Å². The van der Waals surface area contributed by atoms with Crippen LogP contribution in [0.1, 0.15) is 44.9 Å². The minimum atomic E-state index is -2.66. The van der Waals surface area contributed by atoms with Gasteiger partial charge in [-0.3, -0.25) is 4.79 Å². The molecule has 0 aromatic carbocycles. The van der Waals surface area contributed by atoms with E-state index in [0.717, 1.165) is 19.3 Å². The van der Waals surface area contributed by atoms with Crippen LogP contribution in [0, 0.1) is 5.92 Å². The molecule has 2 aliphatic carbocycles. The summed E-state index contributed by atoms with van der Waals surface area (Å²) in [5.74, 6) is -2.88. The van der Waals surface area contributed by atoms with Crippen LogP contribution in [0.15, 0.2) is 0 Å². The lowest BCUT2D eigenvalue weighted by atomic mass is 9.84. The average molecular weight is 280 g/mol. The van der Waals surface area contributed by atoms with Gasteiger partial charge in [0.15, 0.2) is 0 Å². The lowest BCUT2D eigenvalue weighted by Gasteiger charge is -2.40. The summed E-state index contributed by atoms with van der Waals surface area (Å²) in [5.41, 5.74) is 0. The van der Waals surface area contributed by atoms with E-state index in [4.69, 9.17) is 11.6 Å². The molecule has 0 N–H and O–H groups in total. The fourth-order valence-electron chi connectivity index (χ4n) is 2.88. The number of alkyl halides is 3. The van der Waals surface area contributed by atoms with Gasteiger partial charge in [0.1, 0.15) is 0 Å². The molecule has 1 amide bonds. The van der Waals surface area contributed by atoms with Gasteiger partial charge >= 0.3 is 0 Å². The number of halogens is 3. The Kier molecular flexibility index (Phi) is 4.46. The number of rotatable bonds is 4. The number of amides is 1. The molecular formula is C13H20ClF2NO. The Morgan fingerprint density at radius 1 is 1.28 bits per heavy atom. The summed E-state index contributed by atoms with van der Waals surface area (Å²) >= 11 is 5.72. The van der Waals surface area contributed by atoms with Crippen LogP contribution in [0.3, 0.4) is 0 Å². The van der Waals surface area contributed by atoms with Gasteiger partial charge in [0, 0.05) is 37.2 Å². The monoisotopic (exact) mass is 279 g/mol. The Balaban J connectivity index is 1.98. The summed E-state index contributed by atoms with van der Waals surface area (Å²) in [6.45, 7) is 0.493. The standard InChI is InChI=1S/C13H20ClF2NO/c14-7-8-17(11-4-1-5-11)12(18)10-3-2-6-13(15,16)9-10/h10-11H,1-9H2. The molecule has 104 valence electrons. The van der Waals surface area contributed by atoms with Crippen LogP contribution in [0.2, 0.25) is 0 Å². The number of hydrogen-bond acceptors (Lipinski definition) is 1. The quantitative estimate of drug-likeness (QED) is 0.722. The van der Waals surface area contributed by atoms with Crippen molar-refractivity contribution in [1.82, 2.24) is 4.90 Å². The van der Waals surface area contributed by atoms with Crippen molar-refractivity contribution in [2.45, 2.75) is 56.9 Å². The molecule has 2 rings (SSSR count). The largest absolute Gasteiger partial charge is 0.338 e. The van der Waals surface area contributed by atoms with Gasteiger partial charge in [0.25, 0.3) is 0 Å². The zero-order valence-corrected chi connectivity index (χ0v) is 11.3. The second-order valence-electron chi connectivity index (χ2n) is 5.45. The van der Waals surface area contributed by atoms with Gasteiger partial charge < -0.3 is 4.90 Å². The van der Waals surface area contributed by atoms with Crippen LogP contribution < -0.4 is 0 Å². The van der Waals surface area contributed by atoms with Crippen molar-refractivity contribution in [1.29, 1.82) is 0 Å². The van der Waals surface area contributed by atoms with Crippen molar-refractivity contribution in [3.8, 4) is 0 Å². The predicted molar refractivity (Wildman–Crippen MR) is 67.0 cm³/mol. The Bertz CT molecular complexity index is 307. The van der Waals surface area contributed by atoms with Crippen LogP contribution in [-0.4, -0.2) is 35.2 Å². The highest BCUT2D eigenvalue weighted by Gasteiger charge is 2.41. The molecule has 1 atom stereocenters. The average Bonchev–Trinajstić information content (AvgIpc) is 2.23. The van der Waals surface area contributed by atoms with E-state index in [2.05, 4.69) is 0 Å². The van der Waals surface area contributed by atoms with Gasteiger partial charge in [0.05, 0.1) is 0 Å². The van der Waals surface area contributed by atoms with E-state index in [1.165, 1.54) is 0 Å². The molecule has 0 aromatic heterocycles. The van der Waals surface area contributed by atoms with Crippen molar-refractivity contribution in [2.75, 3.05) is 12.4 Å². The Morgan fingerprint density at radius 3 is 2.50 bits per heavy atom. The van der Waals surface area contributed by atoms with E-state index >= 15 is 0 Å². The third-order valence-electron chi connectivity index (χ3n) is 4.11. The maximum atomic E-state index is 13.4. The Labute approximate surface area is 112 Å². The Hall–Kier alpha value is -0.380. The Morgan fingerprint density at radius 2 is 2.00 bits per heavy atom. The first-order chi connectivity index (χ1) is 8.53. The van der Waals surface area contributed by atoms with Crippen LogP contribution in [0.5, 0.6) is 0 Å². The molecule has 0 spiro atoms. The van der Waals surface area contributed by atoms with E-state index < -0.39 is 11.8 Å². The summed E-state index contributed by atoms with van der Waals surface area (Å²) in [6, 6.07) is 0.242. The van der Waals surface area contributed by atoms with Crippen LogP contribution in [-0.2, 0) is 4.79 Å². The fourth-order valence-corrected chi connectivity index (χ4v) is 3.06. The van der Waals surface area contributed by atoms with E-state index in [1.807, 2.05) is 0 Å². The number of nitrogens with zero attached hydrogens (tertiary/aromatic N) is 1. The smallest absolute Gasteiger partial charge is 0.248 e. The highest BCUT2D eigenvalue weighted by Crippen LogP contribution is 2.38. The zero-order chi connectivity index (χ0) is 13.2. The van der Waals surface area contributed by atoms with Gasteiger partial charge in [0.2, 0.25) is 11.8 Å². The predicted octanol–water partition coefficient (Wildman–Crippen LogP) is 3.43. The van der Waals surface area contributed by atoms with Gasteiger partial charge in [-0.05, 0) is 32.1 Å². The summed E-state index contributed by atoms with van der Waals surface area (Å²) in [4.78, 5) is 14.1. The number of carbonyl (C=O) groups is 1. The first-order valence-corrected chi connectivity index (χ1v) is 7.31. The van der Waals surface area contributed by atoms with Crippen molar-refractivity contribution in [3.05, 3.63) is 0 Å². The SMILES string of the molecule is O=C(C1CCCC(F)(F)C1)N(CCCl)C1CCC1. The maximum absolute atomic E-state index is 13.4. The summed E-state index contributed by atoms with van der Waals surface area (Å²) in [5, 5.41) is 0. The molecule has 2 saturated carbocycles. The maximum Gasteiger partial charge on any atom is 0.248 e. The molecule has 0 radical (unpaired) electrons. The third kappa shape index (κ3) is 3.14. The normalized spacial score (nSPS) is 27.6. The van der Waals surface area contributed by atoms with E-state index in [0.29, 0.717) is 25.3 Å². The van der Waals surface area contributed by atoms with Crippen molar-refractivity contribution >= 4 is 17.5 Å². The highest BCUT2D eigenvalue weighted by molar-refractivity contribution is 6.18. The van der Waals surface area contributed by atoms with Gasteiger partial charge in [-0.15, -0.1) is 11.6 Å². The summed E-state index contributed by atoms with van der Waals surface area (Å²) in [6.07, 6.45) is 3.80. The number of hydrogen-bond donors (Lipinski definition) is 0. The second-order valence-corrected chi connectivity index (χ2v) is 5.83. The molecule has 0 bridgehead atoms. The van der Waals surface area contributed by atoms with Gasteiger partial charge in [-0.1, -0.05) is 0 Å². The first kappa shape index (κ1) is 14.0. The van der Waals surface area contributed by atoms with E-state index in [9.17, 15) is 13.6 Å². The fraction of sp³-hybridized carbons (Fsp3) is 0.923. The van der Waals surface area contributed by atoms with Crippen LogP contribution >= 0.6 is 11.6 Å². The van der Waals surface area contributed by atoms with Crippen LogP contribution in [0.4, 0.5) is 8.78 Å². The lowest BCUT2D eigenvalue weighted by molar-refractivity contribution is -0.146. The second kappa shape index (κ2) is 5.72. The molecule has 2 fully saturated rings. The third-order valence-corrected chi connectivity index (χ3v) is 4.28. The van der Waals surface area contributed by atoms with Gasteiger partial charge in [-0.25, -0.2) is 8.78 Å². The topological polar surface area (TPSA) is 20.3 Å². The molecule has 0 aromatic rings. The van der Waals surface area contributed by atoms with Crippen molar-refractivity contribution in [3.63, 3.8) is 0 Å². The molecule has 0 aliphatic heterocycles. The zero-order valence-electron chi connectivity index (χ0n) is 10.5. The lowest BCUT2D eigenvalue weighted by Crippen LogP contribution is -2.49. The van der Waals surface area contributed by atoms with E-state index in [1.54, 1.807) is 4.90 Å². The molecule has 0 heterocycles. The molecule has 2 aliphatic rings. The minimum Gasteiger partial charge on any atom is -0.338 e.